The third-order valence-corrected chi connectivity index (χ3v) is 2.47. The summed E-state index contributed by atoms with van der Waals surface area (Å²) < 4.78 is 0. The van der Waals surface area contributed by atoms with Gasteiger partial charge in [0.1, 0.15) is 0 Å². The van der Waals surface area contributed by atoms with Crippen LogP contribution in [0.25, 0.3) is 0 Å². The van der Waals surface area contributed by atoms with Crippen molar-refractivity contribution >= 4 is 5.71 Å². The Morgan fingerprint density at radius 2 is 2.15 bits per heavy atom. The summed E-state index contributed by atoms with van der Waals surface area (Å²) in [4.78, 5) is 0. The van der Waals surface area contributed by atoms with Gasteiger partial charge in [0.05, 0.1) is 5.71 Å². The average molecular weight is 183 g/mol. The van der Waals surface area contributed by atoms with E-state index in [1.165, 1.54) is 0 Å². The molecule has 0 fully saturated rings. The Kier molecular flexibility index (Phi) is 4.74. The molecule has 0 aliphatic heterocycles. The standard InChI is InChI=1S/C11H21NO/c1-6-8-9(3)10(12-13)11(4,5)7-2/h7,9,13H,2,6,8H2,1,3-5H3. The summed E-state index contributed by atoms with van der Waals surface area (Å²) in [6, 6.07) is 0. The number of oxime groups is 1. The van der Waals surface area contributed by atoms with Gasteiger partial charge in [-0.25, -0.2) is 0 Å². The van der Waals surface area contributed by atoms with E-state index >= 15 is 0 Å². The smallest absolute Gasteiger partial charge is 0.0692 e. The highest BCUT2D eigenvalue weighted by Crippen LogP contribution is 2.25. The lowest BCUT2D eigenvalue weighted by molar-refractivity contribution is 0.306. The van der Waals surface area contributed by atoms with Gasteiger partial charge in [0.25, 0.3) is 0 Å². The Bertz CT molecular complexity index is 194. The Hall–Kier alpha value is -0.790. The third kappa shape index (κ3) is 3.21. The zero-order valence-electron chi connectivity index (χ0n) is 9.17. The summed E-state index contributed by atoms with van der Waals surface area (Å²) in [5.74, 6) is 0.322. The van der Waals surface area contributed by atoms with Crippen molar-refractivity contribution in [3.05, 3.63) is 12.7 Å². The van der Waals surface area contributed by atoms with Gasteiger partial charge < -0.3 is 5.21 Å². The Morgan fingerprint density at radius 3 is 2.46 bits per heavy atom. The van der Waals surface area contributed by atoms with Crippen LogP contribution in [-0.2, 0) is 0 Å². The molecule has 0 radical (unpaired) electrons. The van der Waals surface area contributed by atoms with Crippen LogP contribution in [0.5, 0.6) is 0 Å². The van der Waals surface area contributed by atoms with E-state index in [4.69, 9.17) is 5.21 Å². The first-order valence-corrected chi connectivity index (χ1v) is 4.85. The normalized spacial score (nSPS) is 15.5. The van der Waals surface area contributed by atoms with E-state index in [0.717, 1.165) is 18.6 Å². The van der Waals surface area contributed by atoms with Crippen LogP contribution < -0.4 is 0 Å². The van der Waals surface area contributed by atoms with Crippen LogP contribution in [0.1, 0.15) is 40.5 Å². The topological polar surface area (TPSA) is 32.6 Å². The van der Waals surface area contributed by atoms with Gasteiger partial charge in [0.2, 0.25) is 0 Å². The molecule has 0 aliphatic carbocycles. The molecule has 0 rings (SSSR count). The predicted molar refractivity (Wildman–Crippen MR) is 57.3 cm³/mol. The van der Waals surface area contributed by atoms with E-state index in [-0.39, 0.29) is 5.41 Å². The second-order valence-electron chi connectivity index (χ2n) is 4.10. The maximum Gasteiger partial charge on any atom is 0.0692 e. The molecule has 1 unspecified atom stereocenters. The first-order chi connectivity index (χ1) is 5.99. The van der Waals surface area contributed by atoms with E-state index < -0.39 is 0 Å². The summed E-state index contributed by atoms with van der Waals surface area (Å²) in [7, 11) is 0. The SMILES string of the molecule is C=CC(C)(C)C(=NO)C(C)CCC. The lowest BCUT2D eigenvalue weighted by Crippen LogP contribution is -2.28. The second-order valence-corrected chi connectivity index (χ2v) is 4.10. The van der Waals surface area contributed by atoms with E-state index in [1.54, 1.807) is 0 Å². The van der Waals surface area contributed by atoms with Crippen LogP contribution in [0.2, 0.25) is 0 Å². The van der Waals surface area contributed by atoms with Gasteiger partial charge >= 0.3 is 0 Å². The highest BCUT2D eigenvalue weighted by atomic mass is 16.4. The number of rotatable bonds is 5. The zero-order chi connectivity index (χ0) is 10.5. The van der Waals surface area contributed by atoms with Crippen LogP contribution in [0.4, 0.5) is 0 Å². The van der Waals surface area contributed by atoms with Gasteiger partial charge in [-0.1, -0.05) is 45.3 Å². The van der Waals surface area contributed by atoms with Crippen molar-refractivity contribution in [1.29, 1.82) is 0 Å². The Labute approximate surface area is 81.3 Å². The van der Waals surface area contributed by atoms with Crippen molar-refractivity contribution in [2.75, 3.05) is 0 Å². The molecule has 2 nitrogen and oxygen atoms in total. The summed E-state index contributed by atoms with van der Waals surface area (Å²) in [6.45, 7) is 12.0. The van der Waals surface area contributed by atoms with E-state index in [9.17, 15) is 0 Å². The molecule has 0 aliphatic rings. The van der Waals surface area contributed by atoms with Gasteiger partial charge in [0, 0.05) is 5.41 Å². The molecule has 0 heterocycles. The van der Waals surface area contributed by atoms with Crippen LogP contribution in [-0.4, -0.2) is 10.9 Å². The van der Waals surface area contributed by atoms with Crippen LogP contribution in [0, 0.1) is 11.3 Å². The second kappa shape index (κ2) is 5.05. The Morgan fingerprint density at radius 1 is 1.62 bits per heavy atom. The summed E-state index contributed by atoms with van der Waals surface area (Å²) in [5.41, 5.74) is 0.618. The van der Waals surface area contributed by atoms with E-state index in [1.807, 2.05) is 19.9 Å². The van der Waals surface area contributed by atoms with E-state index in [2.05, 4.69) is 25.6 Å². The zero-order valence-corrected chi connectivity index (χ0v) is 9.17. The molecule has 0 bridgehead atoms. The maximum atomic E-state index is 8.93. The number of hydrogen-bond donors (Lipinski definition) is 1. The number of allylic oxidation sites excluding steroid dienone is 1. The summed E-state index contributed by atoms with van der Waals surface area (Å²) in [6.07, 6.45) is 3.98. The summed E-state index contributed by atoms with van der Waals surface area (Å²) in [5, 5.41) is 12.3. The minimum absolute atomic E-state index is 0.205. The van der Waals surface area contributed by atoms with Crippen LogP contribution >= 0.6 is 0 Å². The van der Waals surface area contributed by atoms with Crippen molar-refractivity contribution < 1.29 is 5.21 Å². The molecule has 13 heavy (non-hydrogen) atoms. The number of nitrogens with zero attached hydrogens (tertiary/aromatic N) is 1. The third-order valence-electron chi connectivity index (χ3n) is 2.47. The molecular weight excluding hydrogens is 162 g/mol. The van der Waals surface area contributed by atoms with Crippen molar-refractivity contribution in [3.63, 3.8) is 0 Å². The molecular formula is C11H21NO. The molecule has 0 aromatic heterocycles. The molecule has 2 heteroatoms. The molecule has 0 aromatic carbocycles. The monoisotopic (exact) mass is 183 g/mol. The molecule has 0 spiro atoms. The number of hydrogen-bond acceptors (Lipinski definition) is 2. The lowest BCUT2D eigenvalue weighted by atomic mass is 9.80. The van der Waals surface area contributed by atoms with Gasteiger partial charge in [0.15, 0.2) is 0 Å². The minimum atomic E-state index is -0.205. The molecule has 1 atom stereocenters. The first-order valence-electron chi connectivity index (χ1n) is 4.85. The molecule has 0 aromatic rings. The molecule has 0 saturated heterocycles. The fourth-order valence-electron chi connectivity index (χ4n) is 1.54. The molecule has 1 N–H and O–H groups in total. The van der Waals surface area contributed by atoms with Crippen LogP contribution in [0.15, 0.2) is 17.8 Å². The van der Waals surface area contributed by atoms with E-state index in [0.29, 0.717) is 5.92 Å². The van der Waals surface area contributed by atoms with Crippen molar-refractivity contribution in [1.82, 2.24) is 0 Å². The fraction of sp³-hybridized carbons (Fsp3) is 0.727. The minimum Gasteiger partial charge on any atom is -0.411 e. The molecule has 76 valence electrons. The lowest BCUT2D eigenvalue weighted by Gasteiger charge is -2.25. The van der Waals surface area contributed by atoms with Crippen molar-refractivity contribution in [2.24, 2.45) is 16.5 Å². The highest BCUT2D eigenvalue weighted by Gasteiger charge is 2.26. The van der Waals surface area contributed by atoms with Crippen molar-refractivity contribution in [2.45, 2.75) is 40.5 Å². The van der Waals surface area contributed by atoms with Crippen molar-refractivity contribution in [3.8, 4) is 0 Å². The quantitative estimate of drug-likeness (QED) is 0.301. The summed E-state index contributed by atoms with van der Waals surface area (Å²) >= 11 is 0. The molecule has 0 amide bonds. The van der Waals surface area contributed by atoms with Crippen LogP contribution in [0.3, 0.4) is 0 Å². The maximum absolute atomic E-state index is 8.93. The van der Waals surface area contributed by atoms with Gasteiger partial charge in [-0.05, 0) is 12.3 Å². The predicted octanol–water partition coefficient (Wildman–Crippen LogP) is 3.47. The first kappa shape index (κ1) is 12.2. The van der Waals surface area contributed by atoms with Gasteiger partial charge in [-0.15, -0.1) is 6.58 Å². The highest BCUT2D eigenvalue weighted by molar-refractivity contribution is 5.92. The van der Waals surface area contributed by atoms with Gasteiger partial charge in [-0.2, -0.15) is 0 Å². The average Bonchev–Trinajstić information content (AvgIpc) is 2.05. The van der Waals surface area contributed by atoms with Gasteiger partial charge in [-0.3, -0.25) is 0 Å². The largest absolute Gasteiger partial charge is 0.411 e. The molecule has 0 saturated carbocycles. The fourth-order valence-corrected chi connectivity index (χ4v) is 1.54. The Balaban J connectivity index is 4.61.